The zero-order chi connectivity index (χ0) is 10.6. The highest BCUT2D eigenvalue weighted by Gasteiger charge is 2.16. The third-order valence-corrected chi connectivity index (χ3v) is 1.49. The number of hydrogen-bond acceptors (Lipinski definition) is 3. The topological polar surface area (TPSA) is 67.2 Å². The van der Waals surface area contributed by atoms with Crippen LogP contribution in [0.3, 0.4) is 0 Å². The molecule has 0 spiro atoms. The van der Waals surface area contributed by atoms with E-state index in [2.05, 4.69) is 10.4 Å². The molecule has 1 heterocycles. The predicted octanol–water partition coefficient (Wildman–Crippen LogP) is 0.000300. The van der Waals surface area contributed by atoms with Gasteiger partial charge in [-0.2, -0.15) is 18.6 Å². The van der Waals surface area contributed by atoms with Gasteiger partial charge in [-0.15, -0.1) is 0 Å². The van der Waals surface area contributed by atoms with Crippen LogP contribution in [-0.2, 0) is 0 Å². The highest BCUT2D eigenvalue weighted by molar-refractivity contribution is 5.92. The molecule has 78 valence electrons. The molecule has 5 nitrogen and oxygen atoms in total. The number of aromatic nitrogens is 2. The lowest BCUT2D eigenvalue weighted by Gasteiger charge is -2.05. The van der Waals surface area contributed by atoms with E-state index in [-0.39, 0.29) is 18.8 Å². The molecule has 0 atom stereocenters. The molecule has 0 saturated heterocycles. The summed E-state index contributed by atoms with van der Waals surface area (Å²) in [6.07, 6.45) is 1.11. The first kappa shape index (κ1) is 10.6. The maximum absolute atomic E-state index is 12.2. The largest absolute Gasteiger partial charge is 0.395 e. The summed E-state index contributed by atoms with van der Waals surface area (Å²) in [5.74, 6) is -0.683. The van der Waals surface area contributed by atoms with E-state index < -0.39 is 12.5 Å². The number of carbonyl (C=O) groups excluding carboxylic acids is 1. The maximum atomic E-state index is 12.2. The number of aliphatic hydroxyl groups excluding tert-OH is 1. The minimum absolute atomic E-state index is 0.0211. The molecule has 1 aromatic heterocycles. The van der Waals surface area contributed by atoms with Crippen molar-refractivity contribution in [3.8, 4) is 0 Å². The van der Waals surface area contributed by atoms with Crippen LogP contribution in [0.4, 0.5) is 8.78 Å². The van der Waals surface area contributed by atoms with E-state index in [0.29, 0.717) is 4.68 Å². The Morgan fingerprint density at radius 2 is 2.43 bits per heavy atom. The SMILES string of the molecule is O=C(NCCO)c1ccnn1C(F)F. The highest BCUT2D eigenvalue weighted by Crippen LogP contribution is 2.11. The standard InChI is InChI=1S/C7H9F2N3O2/c8-7(9)12-5(1-2-11-12)6(14)10-3-4-13/h1-2,7,13H,3-4H2,(H,10,14). The first-order valence-corrected chi connectivity index (χ1v) is 3.87. The molecule has 0 saturated carbocycles. The van der Waals surface area contributed by atoms with Crippen molar-refractivity contribution in [2.75, 3.05) is 13.2 Å². The second-order valence-electron chi connectivity index (χ2n) is 2.42. The molecule has 1 aromatic rings. The van der Waals surface area contributed by atoms with Gasteiger partial charge in [-0.25, -0.2) is 0 Å². The van der Waals surface area contributed by atoms with Gasteiger partial charge in [0.05, 0.1) is 6.61 Å². The van der Waals surface area contributed by atoms with E-state index in [0.717, 1.165) is 6.20 Å². The lowest BCUT2D eigenvalue weighted by atomic mass is 10.4. The number of aliphatic hydroxyl groups is 1. The van der Waals surface area contributed by atoms with Crippen molar-refractivity contribution < 1.29 is 18.7 Å². The fourth-order valence-electron chi connectivity index (χ4n) is 0.910. The zero-order valence-electron chi connectivity index (χ0n) is 7.15. The molecule has 0 aliphatic rings. The highest BCUT2D eigenvalue weighted by atomic mass is 19.3. The number of alkyl halides is 2. The Balaban J connectivity index is 2.74. The van der Waals surface area contributed by atoms with Crippen LogP contribution in [0.25, 0.3) is 0 Å². The van der Waals surface area contributed by atoms with Crippen LogP contribution >= 0.6 is 0 Å². The van der Waals surface area contributed by atoms with Gasteiger partial charge < -0.3 is 10.4 Å². The summed E-state index contributed by atoms with van der Waals surface area (Å²) in [6.45, 7) is -3.07. The molecule has 0 aliphatic carbocycles. The van der Waals surface area contributed by atoms with Crippen molar-refractivity contribution in [1.82, 2.24) is 15.1 Å². The van der Waals surface area contributed by atoms with Gasteiger partial charge in [0.2, 0.25) is 0 Å². The number of nitrogens with one attached hydrogen (secondary N) is 1. The fraction of sp³-hybridized carbons (Fsp3) is 0.429. The Bertz CT molecular complexity index is 314. The zero-order valence-corrected chi connectivity index (χ0v) is 7.15. The molecule has 0 aliphatic heterocycles. The van der Waals surface area contributed by atoms with Crippen molar-refractivity contribution in [1.29, 1.82) is 0 Å². The Hall–Kier alpha value is -1.50. The minimum Gasteiger partial charge on any atom is -0.395 e. The second-order valence-corrected chi connectivity index (χ2v) is 2.42. The van der Waals surface area contributed by atoms with Crippen LogP contribution in [0, 0.1) is 0 Å². The third-order valence-electron chi connectivity index (χ3n) is 1.49. The van der Waals surface area contributed by atoms with Crippen molar-refractivity contribution in [3.63, 3.8) is 0 Å². The summed E-state index contributed by atoms with van der Waals surface area (Å²) in [7, 11) is 0. The van der Waals surface area contributed by atoms with Gasteiger partial charge >= 0.3 is 6.55 Å². The van der Waals surface area contributed by atoms with Gasteiger partial charge in [0, 0.05) is 12.7 Å². The van der Waals surface area contributed by atoms with Crippen LogP contribution in [0.2, 0.25) is 0 Å². The molecule has 0 fully saturated rings. The Labute approximate surface area is 78.3 Å². The van der Waals surface area contributed by atoms with E-state index in [9.17, 15) is 13.6 Å². The van der Waals surface area contributed by atoms with E-state index in [1.807, 2.05) is 0 Å². The first-order valence-electron chi connectivity index (χ1n) is 3.87. The summed E-state index contributed by atoms with van der Waals surface area (Å²) in [4.78, 5) is 11.2. The molecule has 1 amide bonds. The third kappa shape index (κ3) is 2.25. The van der Waals surface area contributed by atoms with Crippen molar-refractivity contribution >= 4 is 5.91 Å². The van der Waals surface area contributed by atoms with Crippen LogP contribution in [0.15, 0.2) is 12.3 Å². The van der Waals surface area contributed by atoms with Gasteiger partial charge in [-0.3, -0.25) is 4.79 Å². The fourth-order valence-corrected chi connectivity index (χ4v) is 0.910. The number of carbonyl (C=O) groups is 1. The Morgan fingerprint density at radius 1 is 1.71 bits per heavy atom. The molecule has 2 N–H and O–H groups in total. The first-order chi connectivity index (χ1) is 6.66. The molecule has 0 unspecified atom stereocenters. The van der Waals surface area contributed by atoms with Gasteiger partial charge in [-0.1, -0.05) is 0 Å². The number of nitrogens with zero attached hydrogens (tertiary/aromatic N) is 2. The maximum Gasteiger partial charge on any atom is 0.333 e. The molecule has 7 heteroatoms. The number of amides is 1. The number of halogens is 2. The normalized spacial score (nSPS) is 10.6. The Kier molecular flexibility index (Phi) is 3.52. The molecule has 0 bridgehead atoms. The quantitative estimate of drug-likeness (QED) is 0.727. The second kappa shape index (κ2) is 4.66. The smallest absolute Gasteiger partial charge is 0.333 e. The molecular formula is C7H9F2N3O2. The van der Waals surface area contributed by atoms with Crippen molar-refractivity contribution in [2.24, 2.45) is 0 Å². The number of hydrogen-bond donors (Lipinski definition) is 2. The van der Waals surface area contributed by atoms with Gasteiger partial charge in [0.15, 0.2) is 0 Å². The van der Waals surface area contributed by atoms with Crippen LogP contribution in [-0.4, -0.2) is 33.9 Å². The lowest BCUT2D eigenvalue weighted by molar-refractivity contribution is 0.0509. The van der Waals surface area contributed by atoms with Gasteiger partial charge in [-0.05, 0) is 6.07 Å². The number of rotatable bonds is 4. The molecule has 0 radical (unpaired) electrons. The average molecular weight is 205 g/mol. The van der Waals surface area contributed by atoms with E-state index in [4.69, 9.17) is 5.11 Å². The predicted molar refractivity (Wildman–Crippen MR) is 42.9 cm³/mol. The van der Waals surface area contributed by atoms with Gasteiger partial charge in [0.1, 0.15) is 5.69 Å². The summed E-state index contributed by atoms with van der Waals surface area (Å²) < 4.78 is 24.7. The van der Waals surface area contributed by atoms with Crippen LogP contribution < -0.4 is 5.32 Å². The van der Waals surface area contributed by atoms with Crippen molar-refractivity contribution in [3.05, 3.63) is 18.0 Å². The summed E-state index contributed by atoms with van der Waals surface area (Å²) in [6, 6.07) is 1.18. The van der Waals surface area contributed by atoms with Crippen LogP contribution in [0.5, 0.6) is 0 Å². The van der Waals surface area contributed by atoms with Crippen molar-refractivity contribution in [2.45, 2.75) is 6.55 Å². The summed E-state index contributed by atoms with van der Waals surface area (Å²) in [5, 5.41) is 13.9. The summed E-state index contributed by atoms with van der Waals surface area (Å²) in [5.41, 5.74) is -0.228. The van der Waals surface area contributed by atoms with Gasteiger partial charge in [0.25, 0.3) is 5.91 Å². The monoisotopic (exact) mass is 205 g/mol. The summed E-state index contributed by atoms with van der Waals surface area (Å²) >= 11 is 0. The molecular weight excluding hydrogens is 196 g/mol. The molecule has 1 rings (SSSR count). The van der Waals surface area contributed by atoms with E-state index in [1.54, 1.807) is 0 Å². The van der Waals surface area contributed by atoms with E-state index in [1.165, 1.54) is 6.07 Å². The lowest BCUT2D eigenvalue weighted by Crippen LogP contribution is -2.28. The average Bonchev–Trinajstić information content (AvgIpc) is 2.62. The van der Waals surface area contributed by atoms with Crippen LogP contribution in [0.1, 0.15) is 17.0 Å². The van der Waals surface area contributed by atoms with E-state index >= 15 is 0 Å². The molecule has 0 aromatic carbocycles. The minimum atomic E-state index is -2.85. The molecule has 14 heavy (non-hydrogen) atoms. The Morgan fingerprint density at radius 3 is 3.00 bits per heavy atom.